The second-order valence-corrected chi connectivity index (χ2v) is 6.65. The van der Waals surface area contributed by atoms with Crippen LogP contribution in [0.1, 0.15) is 19.2 Å². The van der Waals surface area contributed by atoms with Crippen molar-refractivity contribution >= 4 is 5.91 Å². The number of rotatable bonds is 12. The number of methoxy groups -OCH3 is 1. The van der Waals surface area contributed by atoms with Crippen LogP contribution in [-0.4, -0.2) is 79.9 Å². The number of benzene rings is 1. The highest BCUT2D eigenvalue weighted by molar-refractivity contribution is 5.76. The molecule has 0 unspecified atom stereocenters. The maximum atomic E-state index is 12.6. The fraction of sp³-hybridized carbons (Fsp3) is 0.550. The van der Waals surface area contributed by atoms with Gasteiger partial charge in [-0.3, -0.25) is 4.79 Å². The Labute approximate surface area is 166 Å². The Balaban J connectivity index is 1.91. The lowest BCUT2D eigenvalue weighted by molar-refractivity contribution is -0.132. The average molecular weight is 390 g/mol. The summed E-state index contributed by atoms with van der Waals surface area (Å²) in [7, 11) is 5.61. The van der Waals surface area contributed by atoms with Crippen molar-refractivity contribution in [2.75, 3.05) is 54.1 Å². The molecule has 0 saturated carbocycles. The Morgan fingerprint density at radius 2 is 1.89 bits per heavy atom. The molecule has 0 aliphatic carbocycles. The zero-order valence-electron chi connectivity index (χ0n) is 17.2. The number of aryl methyl sites for hydroxylation is 1. The third kappa shape index (κ3) is 6.94. The first-order chi connectivity index (χ1) is 13.5. The van der Waals surface area contributed by atoms with Gasteiger partial charge in [0.05, 0.1) is 13.2 Å². The molecule has 0 fully saturated rings. The lowest BCUT2D eigenvalue weighted by Crippen LogP contribution is -2.38. The van der Waals surface area contributed by atoms with Gasteiger partial charge in [-0.1, -0.05) is 5.16 Å². The summed E-state index contributed by atoms with van der Waals surface area (Å²) >= 11 is 0. The van der Waals surface area contributed by atoms with Crippen LogP contribution < -0.4 is 4.74 Å². The van der Waals surface area contributed by atoms with Crippen molar-refractivity contribution in [2.24, 2.45) is 0 Å². The number of nitrogens with zero attached hydrogens (tertiary/aromatic N) is 4. The third-order valence-electron chi connectivity index (χ3n) is 4.18. The first kappa shape index (κ1) is 21.8. The number of hydrogen-bond acceptors (Lipinski definition) is 7. The summed E-state index contributed by atoms with van der Waals surface area (Å²) in [5.74, 6) is 1.82. The summed E-state index contributed by atoms with van der Waals surface area (Å²) in [5, 5.41) is 4.02. The summed E-state index contributed by atoms with van der Waals surface area (Å²) in [4.78, 5) is 20.8. The normalized spacial score (nSPS) is 11.0. The van der Waals surface area contributed by atoms with Crippen LogP contribution in [0.4, 0.5) is 0 Å². The topological polar surface area (TPSA) is 80.9 Å². The highest BCUT2D eigenvalue weighted by Gasteiger charge is 2.16. The minimum atomic E-state index is 0.0553. The van der Waals surface area contributed by atoms with Crippen LogP contribution in [-0.2, 0) is 16.0 Å². The molecule has 0 radical (unpaired) electrons. The van der Waals surface area contributed by atoms with Gasteiger partial charge in [0.15, 0.2) is 0 Å². The van der Waals surface area contributed by atoms with Crippen molar-refractivity contribution in [2.45, 2.75) is 19.8 Å². The van der Waals surface area contributed by atoms with Crippen LogP contribution >= 0.6 is 0 Å². The van der Waals surface area contributed by atoms with E-state index in [1.165, 1.54) is 0 Å². The number of hydrogen-bond donors (Lipinski definition) is 0. The van der Waals surface area contributed by atoms with Gasteiger partial charge in [-0.05, 0) is 45.3 Å². The molecule has 0 atom stereocenters. The largest absolute Gasteiger partial charge is 0.494 e. The van der Waals surface area contributed by atoms with E-state index >= 15 is 0 Å². The van der Waals surface area contributed by atoms with Gasteiger partial charge in [0.1, 0.15) is 5.75 Å². The van der Waals surface area contributed by atoms with Gasteiger partial charge in [-0.15, -0.1) is 0 Å². The lowest BCUT2D eigenvalue weighted by Gasteiger charge is -2.24. The Kier molecular flexibility index (Phi) is 8.90. The van der Waals surface area contributed by atoms with Gasteiger partial charge in [-0.2, -0.15) is 4.98 Å². The first-order valence-corrected chi connectivity index (χ1v) is 9.50. The van der Waals surface area contributed by atoms with Crippen LogP contribution in [0.2, 0.25) is 0 Å². The molecular formula is C20H30N4O4. The third-order valence-corrected chi connectivity index (χ3v) is 4.18. The molecule has 154 valence electrons. The predicted molar refractivity (Wildman–Crippen MR) is 106 cm³/mol. The van der Waals surface area contributed by atoms with Gasteiger partial charge >= 0.3 is 0 Å². The predicted octanol–water partition coefficient (Wildman–Crippen LogP) is 2.10. The van der Waals surface area contributed by atoms with Crippen molar-refractivity contribution < 1.29 is 18.8 Å². The van der Waals surface area contributed by atoms with Crippen LogP contribution in [0.3, 0.4) is 0 Å². The maximum absolute atomic E-state index is 12.6. The number of carbonyl (C=O) groups excluding carboxylic acids is 1. The summed E-state index contributed by atoms with van der Waals surface area (Å²) in [6, 6.07) is 7.52. The Morgan fingerprint density at radius 1 is 1.14 bits per heavy atom. The molecule has 0 aliphatic heterocycles. The summed E-state index contributed by atoms with van der Waals surface area (Å²) in [5.41, 5.74) is 0.845. The quantitative estimate of drug-likeness (QED) is 0.549. The Bertz CT molecular complexity index is 715. The zero-order chi connectivity index (χ0) is 20.4. The second-order valence-electron chi connectivity index (χ2n) is 6.65. The highest BCUT2D eigenvalue weighted by Crippen LogP contribution is 2.20. The monoisotopic (exact) mass is 390 g/mol. The van der Waals surface area contributed by atoms with Crippen molar-refractivity contribution in [3.8, 4) is 17.1 Å². The molecule has 1 heterocycles. The number of amides is 1. The van der Waals surface area contributed by atoms with Gasteiger partial charge in [0, 0.05) is 45.1 Å². The molecule has 0 N–H and O–H groups in total. The molecule has 28 heavy (non-hydrogen) atoms. The van der Waals surface area contributed by atoms with Crippen molar-refractivity contribution in [3.63, 3.8) is 0 Å². The van der Waals surface area contributed by atoms with Crippen LogP contribution in [0.5, 0.6) is 5.75 Å². The SMILES string of the molecule is CCOc1ccc(-c2noc(CCC(=O)N(CCOC)CCN(C)C)n2)cc1. The average Bonchev–Trinajstić information content (AvgIpc) is 3.16. The van der Waals surface area contributed by atoms with Crippen molar-refractivity contribution in [1.82, 2.24) is 19.9 Å². The van der Waals surface area contributed by atoms with E-state index in [0.717, 1.165) is 17.9 Å². The highest BCUT2D eigenvalue weighted by atomic mass is 16.5. The van der Waals surface area contributed by atoms with Gasteiger partial charge < -0.3 is 23.8 Å². The Hall–Kier alpha value is -2.45. The van der Waals surface area contributed by atoms with Gasteiger partial charge in [-0.25, -0.2) is 0 Å². The molecule has 0 saturated heterocycles. The molecule has 2 aromatic rings. The minimum Gasteiger partial charge on any atom is -0.494 e. The molecule has 2 rings (SSSR count). The molecule has 1 amide bonds. The smallest absolute Gasteiger partial charge is 0.227 e. The molecule has 0 bridgehead atoms. The van der Waals surface area contributed by atoms with Crippen molar-refractivity contribution in [1.29, 1.82) is 0 Å². The fourth-order valence-electron chi connectivity index (χ4n) is 2.60. The molecule has 1 aromatic carbocycles. The number of carbonyl (C=O) groups is 1. The van der Waals surface area contributed by atoms with Crippen LogP contribution in [0.15, 0.2) is 28.8 Å². The fourth-order valence-corrected chi connectivity index (χ4v) is 2.60. The summed E-state index contributed by atoms with van der Waals surface area (Å²) in [6.07, 6.45) is 0.733. The molecular weight excluding hydrogens is 360 g/mol. The second kappa shape index (κ2) is 11.4. The summed E-state index contributed by atoms with van der Waals surface area (Å²) < 4.78 is 15.9. The first-order valence-electron chi connectivity index (χ1n) is 9.50. The van der Waals surface area contributed by atoms with Gasteiger partial charge in [0.2, 0.25) is 17.6 Å². The minimum absolute atomic E-state index is 0.0553. The Morgan fingerprint density at radius 3 is 2.54 bits per heavy atom. The van der Waals surface area contributed by atoms with E-state index < -0.39 is 0 Å². The van der Waals surface area contributed by atoms with Crippen molar-refractivity contribution in [3.05, 3.63) is 30.2 Å². The molecule has 8 heteroatoms. The molecule has 0 spiro atoms. The van der Waals surface area contributed by atoms with E-state index in [2.05, 4.69) is 10.1 Å². The van der Waals surface area contributed by atoms with E-state index in [-0.39, 0.29) is 5.91 Å². The van der Waals surface area contributed by atoms with Crippen LogP contribution in [0.25, 0.3) is 11.4 Å². The number of likely N-dealkylation sites (N-methyl/N-ethyl adjacent to an activating group) is 1. The molecule has 1 aromatic heterocycles. The number of aromatic nitrogens is 2. The van der Waals surface area contributed by atoms with E-state index in [1.807, 2.05) is 55.1 Å². The zero-order valence-corrected chi connectivity index (χ0v) is 17.2. The van der Waals surface area contributed by atoms with E-state index in [4.69, 9.17) is 14.0 Å². The summed E-state index contributed by atoms with van der Waals surface area (Å²) in [6.45, 7) is 5.12. The van der Waals surface area contributed by atoms with E-state index in [9.17, 15) is 4.79 Å². The maximum Gasteiger partial charge on any atom is 0.227 e. The van der Waals surface area contributed by atoms with E-state index in [1.54, 1.807) is 7.11 Å². The van der Waals surface area contributed by atoms with Crippen LogP contribution in [0, 0.1) is 0 Å². The lowest BCUT2D eigenvalue weighted by atomic mass is 10.2. The number of ether oxygens (including phenoxy) is 2. The molecule has 0 aliphatic rings. The molecule has 8 nitrogen and oxygen atoms in total. The van der Waals surface area contributed by atoms with Gasteiger partial charge in [0.25, 0.3) is 0 Å². The standard InChI is InChI=1S/C20H30N4O4/c1-5-27-17-8-6-16(7-9-17)20-21-18(28-22-20)10-11-19(25)24(14-15-26-4)13-12-23(2)3/h6-9H,5,10-15H2,1-4H3. The van der Waals surface area contributed by atoms with E-state index in [0.29, 0.717) is 50.9 Å².